The molecule has 0 atom stereocenters. The van der Waals surface area contributed by atoms with E-state index in [9.17, 15) is 0 Å². The fourth-order valence-corrected chi connectivity index (χ4v) is 9.55. The molecule has 17 heavy (non-hydrogen) atoms. The Morgan fingerprint density at radius 2 is 1.12 bits per heavy atom. The first-order valence-electron chi connectivity index (χ1n) is 4.95. The van der Waals surface area contributed by atoms with E-state index in [1.165, 1.54) is 0 Å². The average Bonchev–Trinajstić information content (AvgIpc) is 2.30. The molecule has 0 spiro atoms. The summed E-state index contributed by atoms with van der Waals surface area (Å²) < 4.78 is -2.00. The second-order valence-electron chi connectivity index (χ2n) is 3.24. The van der Waals surface area contributed by atoms with Crippen LogP contribution in [-0.2, 0) is 11.8 Å². The fourth-order valence-electron chi connectivity index (χ4n) is 1.23. The predicted octanol–water partition coefficient (Wildman–Crippen LogP) is 6.03. The van der Waals surface area contributed by atoms with Crippen molar-refractivity contribution in [3.8, 4) is 0 Å². The topological polar surface area (TPSA) is 0 Å². The molecule has 5 heteroatoms. The Morgan fingerprint density at radius 3 is 1.47 bits per heavy atom. The molecule has 2 rings (SSSR count). The highest BCUT2D eigenvalue weighted by molar-refractivity contribution is 9.06. The normalized spacial score (nSPS) is 11.4. The van der Waals surface area contributed by atoms with Crippen molar-refractivity contribution in [3.05, 3.63) is 60.7 Å². The molecule has 88 valence electrons. The van der Waals surface area contributed by atoms with E-state index >= 15 is 0 Å². The van der Waals surface area contributed by atoms with Gasteiger partial charge < -0.3 is 0 Å². The number of hydrogen-bond donors (Lipinski definition) is 0. The summed E-state index contributed by atoms with van der Waals surface area (Å²) in [5.41, 5.74) is 0. The van der Waals surface area contributed by atoms with Gasteiger partial charge in [0.2, 0.25) is 0 Å². The SMILES string of the molecule is S=P(Cl)(Sc1ccccc1)Sc1ccccc1. The van der Waals surface area contributed by atoms with Gasteiger partial charge in [0.1, 0.15) is 3.79 Å². The van der Waals surface area contributed by atoms with Crippen LogP contribution in [0.1, 0.15) is 0 Å². The standard InChI is InChI=1S/C12H10ClPS3/c13-14(15,16-11-7-3-1-4-8-11)17-12-9-5-2-6-10-12/h1-10H. The summed E-state index contributed by atoms with van der Waals surface area (Å²) in [5, 5.41) is 0. The third-order valence-corrected chi connectivity index (χ3v) is 9.82. The number of halogens is 1. The summed E-state index contributed by atoms with van der Waals surface area (Å²) >= 11 is 15.2. The van der Waals surface area contributed by atoms with Gasteiger partial charge in [-0.15, -0.1) is 0 Å². The van der Waals surface area contributed by atoms with E-state index in [0.29, 0.717) is 0 Å². The summed E-state index contributed by atoms with van der Waals surface area (Å²) in [6, 6.07) is 20.2. The van der Waals surface area contributed by atoms with Crippen molar-refractivity contribution in [3.63, 3.8) is 0 Å². The van der Waals surface area contributed by atoms with Gasteiger partial charge in [0.05, 0.1) is 0 Å². The van der Waals surface area contributed by atoms with Crippen LogP contribution < -0.4 is 0 Å². The molecule has 0 fully saturated rings. The van der Waals surface area contributed by atoms with Gasteiger partial charge in [-0.2, -0.15) is 0 Å². The summed E-state index contributed by atoms with van der Waals surface area (Å²) in [4.78, 5) is 2.27. The Bertz CT molecular complexity index is 470. The molecule has 0 unspecified atom stereocenters. The Labute approximate surface area is 119 Å². The van der Waals surface area contributed by atoms with E-state index in [2.05, 4.69) is 0 Å². The lowest BCUT2D eigenvalue weighted by Gasteiger charge is -2.12. The average molecular weight is 317 g/mol. The smallest absolute Gasteiger partial charge is 0.0629 e. The Balaban J connectivity index is 2.07. The van der Waals surface area contributed by atoms with E-state index in [-0.39, 0.29) is 0 Å². The second-order valence-corrected chi connectivity index (χ2v) is 16.8. The van der Waals surface area contributed by atoms with Crippen LogP contribution in [0.15, 0.2) is 70.5 Å². The largest absolute Gasteiger partial charge is 0.149 e. The maximum Gasteiger partial charge on any atom is 0.149 e. The first-order valence-corrected chi connectivity index (χ1v) is 11.5. The van der Waals surface area contributed by atoms with E-state index in [1.54, 1.807) is 22.8 Å². The zero-order chi connectivity index (χ0) is 12.1. The first kappa shape index (κ1) is 13.5. The molecule has 0 aromatic heterocycles. The summed E-state index contributed by atoms with van der Waals surface area (Å²) in [6.07, 6.45) is 0. The summed E-state index contributed by atoms with van der Waals surface area (Å²) in [5.74, 6) is 0. The highest BCUT2D eigenvalue weighted by Gasteiger charge is 2.16. The fraction of sp³-hybridized carbons (Fsp3) is 0. The van der Waals surface area contributed by atoms with Crippen LogP contribution in [0.25, 0.3) is 0 Å². The third-order valence-electron chi connectivity index (χ3n) is 1.92. The number of benzene rings is 2. The lowest BCUT2D eigenvalue weighted by Crippen LogP contribution is -1.68. The van der Waals surface area contributed by atoms with Crippen molar-refractivity contribution in [1.82, 2.24) is 0 Å². The van der Waals surface area contributed by atoms with Crippen LogP contribution in [0.5, 0.6) is 0 Å². The molecule has 0 aliphatic carbocycles. The minimum Gasteiger partial charge on any atom is -0.0629 e. The second kappa shape index (κ2) is 6.31. The van der Waals surface area contributed by atoms with Crippen molar-refractivity contribution in [2.45, 2.75) is 9.79 Å². The van der Waals surface area contributed by atoms with Gasteiger partial charge in [0.15, 0.2) is 0 Å². The molecule has 0 bridgehead atoms. The van der Waals surface area contributed by atoms with Crippen molar-refractivity contribution in [2.75, 3.05) is 0 Å². The highest BCUT2D eigenvalue weighted by atomic mass is 35.7. The first-order chi connectivity index (χ1) is 8.16. The molecule has 0 saturated carbocycles. The van der Waals surface area contributed by atoms with Gasteiger partial charge in [0.25, 0.3) is 0 Å². The van der Waals surface area contributed by atoms with Crippen molar-refractivity contribution in [2.24, 2.45) is 0 Å². The quantitative estimate of drug-likeness (QED) is 0.632. The van der Waals surface area contributed by atoms with Crippen LogP contribution in [0, 0.1) is 0 Å². The zero-order valence-corrected chi connectivity index (χ0v) is 12.9. The van der Waals surface area contributed by atoms with E-state index in [1.807, 2.05) is 60.7 Å². The van der Waals surface area contributed by atoms with Gasteiger partial charge in [-0.1, -0.05) is 82.2 Å². The molecular weight excluding hydrogens is 307 g/mol. The Hall–Kier alpha value is 0.0800. The molecular formula is C12H10ClPS3. The Morgan fingerprint density at radius 1 is 0.765 bits per heavy atom. The van der Waals surface area contributed by atoms with Crippen LogP contribution >= 0.6 is 37.8 Å². The Kier molecular flexibility index (Phi) is 5.01. The summed E-state index contributed by atoms with van der Waals surface area (Å²) in [6.45, 7) is 0. The van der Waals surface area contributed by atoms with Gasteiger partial charge in [-0.3, -0.25) is 0 Å². The lowest BCUT2D eigenvalue weighted by molar-refractivity contribution is 1.48. The van der Waals surface area contributed by atoms with Crippen molar-refractivity contribution >= 4 is 49.6 Å². The number of rotatable bonds is 4. The molecule has 0 heterocycles. The molecule has 0 radical (unpaired) electrons. The van der Waals surface area contributed by atoms with Gasteiger partial charge >= 0.3 is 0 Å². The minimum atomic E-state index is -2.00. The monoisotopic (exact) mass is 316 g/mol. The van der Waals surface area contributed by atoms with Gasteiger partial charge in [0, 0.05) is 9.79 Å². The molecule has 0 amide bonds. The van der Waals surface area contributed by atoms with E-state index < -0.39 is 3.79 Å². The van der Waals surface area contributed by atoms with Crippen molar-refractivity contribution in [1.29, 1.82) is 0 Å². The van der Waals surface area contributed by atoms with E-state index in [4.69, 9.17) is 23.0 Å². The molecule has 2 aromatic carbocycles. The maximum atomic E-state index is 6.46. The van der Waals surface area contributed by atoms with Crippen LogP contribution in [-0.4, -0.2) is 0 Å². The molecule has 0 saturated heterocycles. The highest BCUT2D eigenvalue weighted by Crippen LogP contribution is 2.77. The summed E-state index contributed by atoms with van der Waals surface area (Å²) in [7, 11) is 0. The lowest BCUT2D eigenvalue weighted by atomic mass is 10.4. The zero-order valence-electron chi connectivity index (χ0n) is 8.82. The van der Waals surface area contributed by atoms with E-state index in [0.717, 1.165) is 9.79 Å². The molecule has 0 aliphatic rings. The van der Waals surface area contributed by atoms with Gasteiger partial charge in [-0.25, -0.2) is 0 Å². The van der Waals surface area contributed by atoms with Crippen LogP contribution in [0.4, 0.5) is 0 Å². The molecule has 0 N–H and O–H groups in total. The van der Waals surface area contributed by atoms with Gasteiger partial charge in [-0.05, 0) is 24.3 Å². The maximum absolute atomic E-state index is 6.46. The third kappa shape index (κ3) is 4.69. The van der Waals surface area contributed by atoms with Crippen LogP contribution in [0.2, 0.25) is 0 Å². The molecule has 0 aliphatic heterocycles. The molecule has 0 nitrogen and oxygen atoms in total. The molecule has 2 aromatic rings. The van der Waals surface area contributed by atoms with Crippen molar-refractivity contribution < 1.29 is 0 Å². The van der Waals surface area contributed by atoms with Crippen LogP contribution in [0.3, 0.4) is 0 Å². The number of hydrogen-bond acceptors (Lipinski definition) is 3. The minimum absolute atomic E-state index is 1.13. The predicted molar refractivity (Wildman–Crippen MR) is 84.7 cm³/mol.